The summed E-state index contributed by atoms with van der Waals surface area (Å²) in [4.78, 5) is 27.5. The molecule has 2 aromatic rings. The summed E-state index contributed by atoms with van der Waals surface area (Å²) in [6.07, 6.45) is 6.13. The number of aromatic nitrogens is 2. The highest BCUT2D eigenvalue weighted by molar-refractivity contribution is 5.77. The lowest BCUT2D eigenvalue weighted by molar-refractivity contribution is -0.121. The number of likely N-dealkylation sites (tertiary alicyclic amines) is 1. The summed E-state index contributed by atoms with van der Waals surface area (Å²) in [5.41, 5.74) is 1.84. The molecule has 6 nitrogen and oxygen atoms in total. The summed E-state index contributed by atoms with van der Waals surface area (Å²) in [7, 11) is 0. The third kappa shape index (κ3) is 4.85. The Morgan fingerprint density at radius 2 is 1.82 bits per heavy atom. The Morgan fingerprint density at radius 1 is 1.11 bits per heavy atom. The van der Waals surface area contributed by atoms with Crippen molar-refractivity contribution in [2.45, 2.75) is 71.5 Å². The zero-order chi connectivity index (χ0) is 19.9. The van der Waals surface area contributed by atoms with Gasteiger partial charge in [0.1, 0.15) is 0 Å². The molecule has 1 aliphatic heterocycles. The molecule has 0 saturated carbocycles. The number of imidazole rings is 1. The van der Waals surface area contributed by atoms with Gasteiger partial charge in [-0.15, -0.1) is 0 Å². The first-order chi connectivity index (χ1) is 13.6. The van der Waals surface area contributed by atoms with Crippen LogP contribution in [0.4, 0.5) is 0 Å². The van der Waals surface area contributed by atoms with Gasteiger partial charge in [0.25, 0.3) is 0 Å². The van der Waals surface area contributed by atoms with Gasteiger partial charge in [-0.2, -0.15) is 0 Å². The molecule has 1 fully saturated rings. The van der Waals surface area contributed by atoms with Crippen molar-refractivity contribution in [1.82, 2.24) is 19.4 Å². The predicted molar refractivity (Wildman–Crippen MR) is 114 cm³/mol. The van der Waals surface area contributed by atoms with Gasteiger partial charge in [0, 0.05) is 38.6 Å². The van der Waals surface area contributed by atoms with E-state index >= 15 is 0 Å². The van der Waals surface area contributed by atoms with Gasteiger partial charge in [-0.1, -0.05) is 25.5 Å². The van der Waals surface area contributed by atoms with E-state index in [4.69, 9.17) is 0 Å². The van der Waals surface area contributed by atoms with Crippen molar-refractivity contribution >= 4 is 16.9 Å². The molecule has 3 rings (SSSR count). The summed E-state index contributed by atoms with van der Waals surface area (Å²) in [6.45, 7) is 8.42. The Bertz CT molecular complexity index is 839. The summed E-state index contributed by atoms with van der Waals surface area (Å²) < 4.78 is 3.55. The maximum absolute atomic E-state index is 12.7. The molecule has 1 unspecified atom stereocenters. The van der Waals surface area contributed by atoms with Crippen LogP contribution in [-0.4, -0.2) is 45.6 Å². The Hall–Kier alpha value is -2.08. The lowest BCUT2D eigenvalue weighted by Crippen LogP contribution is -2.39. The first-order valence-corrected chi connectivity index (χ1v) is 10.8. The SMILES string of the molecule is CCCn1c(=O)n(CCC(=O)NCCCN2CCCCC2C)c2ccccc21. The van der Waals surface area contributed by atoms with Crippen molar-refractivity contribution in [3.05, 3.63) is 34.7 Å². The van der Waals surface area contributed by atoms with Crippen molar-refractivity contribution in [2.24, 2.45) is 0 Å². The Labute approximate surface area is 167 Å². The fourth-order valence-electron chi connectivity index (χ4n) is 4.23. The Kier molecular flexibility index (Phi) is 7.31. The van der Waals surface area contributed by atoms with Crippen LogP contribution in [-0.2, 0) is 17.9 Å². The normalized spacial score (nSPS) is 17.9. The van der Waals surface area contributed by atoms with Crippen LogP contribution in [0.3, 0.4) is 0 Å². The molecule has 0 radical (unpaired) electrons. The number of fused-ring (bicyclic) bond motifs is 1. The number of carbonyl (C=O) groups is 1. The molecule has 1 aliphatic rings. The van der Waals surface area contributed by atoms with Crippen molar-refractivity contribution in [3.8, 4) is 0 Å². The van der Waals surface area contributed by atoms with Gasteiger partial charge in [0.2, 0.25) is 5.91 Å². The van der Waals surface area contributed by atoms with Crippen molar-refractivity contribution in [1.29, 1.82) is 0 Å². The van der Waals surface area contributed by atoms with Crippen LogP contribution >= 0.6 is 0 Å². The van der Waals surface area contributed by atoms with Gasteiger partial charge >= 0.3 is 5.69 Å². The third-order valence-corrected chi connectivity index (χ3v) is 5.82. The Morgan fingerprint density at radius 3 is 2.50 bits per heavy atom. The van der Waals surface area contributed by atoms with Crippen LogP contribution < -0.4 is 11.0 Å². The molecular formula is C22H34N4O2. The fraction of sp³-hybridized carbons (Fsp3) is 0.636. The zero-order valence-electron chi connectivity index (χ0n) is 17.3. The smallest absolute Gasteiger partial charge is 0.329 e. The van der Waals surface area contributed by atoms with Crippen LogP contribution in [0, 0.1) is 0 Å². The van der Waals surface area contributed by atoms with E-state index in [1.165, 1.54) is 25.8 Å². The van der Waals surface area contributed by atoms with Crippen LogP contribution in [0.1, 0.15) is 52.4 Å². The second-order valence-electron chi connectivity index (χ2n) is 7.91. The molecule has 154 valence electrons. The monoisotopic (exact) mass is 386 g/mol. The number of para-hydroxylation sites is 2. The number of carbonyl (C=O) groups excluding carboxylic acids is 1. The molecule has 28 heavy (non-hydrogen) atoms. The number of hydrogen-bond donors (Lipinski definition) is 1. The van der Waals surface area contributed by atoms with Crippen molar-refractivity contribution < 1.29 is 4.79 Å². The summed E-state index contributed by atoms with van der Waals surface area (Å²) >= 11 is 0. The minimum atomic E-state index is -0.0186. The highest BCUT2D eigenvalue weighted by atomic mass is 16.2. The van der Waals surface area contributed by atoms with E-state index < -0.39 is 0 Å². The van der Waals surface area contributed by atoms with Gasteiger partial charge in [0.15, 0.2) is 0 Å². The third-order valence-electron chi connectivity index (χ3n) is 5.82. The van der Waals surface area contributed by atoms with E-state index in [1.807, 2.05) is 28.8 Å². The molecule has 1 N–H and O–H groups in total. The second-order valence-corrected chi connectivity index (χ2v) is 7.91. The van der Waals surface area contributed by atoms with Crippen LogP contribution in [0.15, 0.2) is 29.1 Å². The molecule has 2 heterocycles. The van der Waals surface area contributed by atoms with E-state index in [1.54, 1.807) is 4.57 Å². The highest BCUT2D eigenvalue weighted by Crippen LogP contribution is 2.16. The predicted octanol–water partition coefficient (Wildman–Crippen LogP) is 2.98. The van der Waals surface area contributed by atoms with E-state index in [2.05, 4.69) is 24.1 Å². The number of amides is 1. The standard InChI is InChI=1S/C22H34N4O2/c1-3-14-25-19-10-4-5-11-20(19)26(22(25)28)17-12-21(27)23-13-8-16-24-15-7-6-9-18(24)2/h4-5,10-11,18H,3,6-9,12-17H2,1-2H3,(H,23,27). The van der Waals surface area contributed by atoms with Crippen molar-refractivity contribution in [2.75, 3.05) is 19.6 Å². The molecule has 0 aliphatic carbocycles. The van der Waals surface area contributed by atoms with Crippen LogP contribution in [0.25, 0.3) is 11.0 Å². The first kappa shape index (κ1) is 20.6. The molecular weight excluding hydrogens is 352 g/mol. The molecule has 1 aromatic carbocycles. The fourth-order valence-corrected chi connectivity index (χ4v) is 4.23. The quantitative estimate of drug-likeness (QED) is 0.674. The van der Waals surface area contributed by atoms with Crippen LogP contribution in [0.5, 0.6) is 0 Å². The van der Waals surface area contributed by atoms with Gasteiger partial charge in [-0.05, 0) is 51.3 Å². The van der Waals surface area contributed by atoms with E-state index in [0.717, 1.165) is 30.4 Å². The molecule has 1 aromatic heterocycles. The maximum Gasteiger partial charge on any atom is 0.329 e. The van der Waals surface area contributed by atoms with Crippen molar-refractivity contribution in [3.63, 3.8) is 0 Å². The minimum absolute atomic E-state index is 0.0186. The number of aryl methyl sites for hydroxylation is 2. The topological polar surface area (TPSA) is 59.3 Å². The average Bonchev–Trinajstić information content (AvgIpc) is 2.97. The minimum Gasteiger partial charge on any atom is -0.356 e. The van der Waals surface area contributed by atoms with E-state index in [0.29, 0.717) is 32.1 Å². The van der Waals surface area contributed by atoms with Gasteiger partial charge < -0.3 is 10.2 Å². The summed E-state index contributed by atoms with van der Waals surface area (Å²) in [6, 6.07) is 8.49. The molecule has 0 bridgehead atoms. The molecule has 1 amide bonds. The molecule has 6 heteroatoms. The number of benzene rings is 1. The number of piperidine rings is 1. The summed E-state index contributed by atoms with van der Waals surface area (Å²) in [5, 5.41) is 3.02. The van der Waals surface area contributed by atoms with Gasteiger partial charge in [-0.3, -0.25) is 13.9 Å². The average molecular weight is 387 g/mol. The maximum atomic E-state index is 12.7. The first-order valence-electron chi connectivity index (χ1n) is 10.8. The summed E-state index contributed by atoms with van der Waals surface area (Å²) in [5.74, 6) is 0.0194. The van der Waals surface area contributed by atoms with E-state index in [9.17, 15) is 9.59 Å². The largest absolute Gasteiger partial charge is 0.356 e. The Balaban J connectivity index is 1.49. The highest BCUT2D eigenvalue weighted by Gasteiger charge is 2.17. The van der Waals surface area contributed by atoms with Crippen LogP contribution in [0.2, 0.25) is 0 Å². The molecule has 1 atom stereocenters. The number of nitrogens with zero attached hydrogens (tertiary/aromatic N) is 3. The molecule has 0 spiro atoms. The lowest BCUT2D eigenvalue weighted by atomic mass is 10.0. The van der Waals surface area contributed by atoms with Gasteiger partial charge in [-0.25, -0.2) is 4.79 Å². The number of hydrogen-bond acceptors (Lipinski definition) is 3. The lowest BCUT2D eigenvalue weighted by Gasteiger charge is -2.33. The second kappa shape index (κ2) is 9.92. The number of nitrogens with one attached hydrogen (secondary N) is 1. The number of rotatable bonds is 9. The van der Waals surface area contributed by atoms with Gasteiger partial charge in [0.05, 0.1) is 11.0 Å². The zero-order valence-corrected chi connectivity index (χ0v) is 17.3. The van der Waals surface area contributed by atoms with E-state index in [-0.39, 0.29) is 11.6 Å². The molecule has 1 saturated heterocycles.